The van der Waals surface area contributed by atoms with E-state index in [0.29, 0.717) is 0 Å². The fourth-order valence-corrected chi connectivity index (χ4v) is 3.41. The van der Waals surface area contributed by atoms with E-state index in [4.69, 9.17) is 0 Å². The number of nitrogens with zero attached hydrogens (tertiary/aromatic N) is 4. The maximum atomic E-state index is 13.2. The van der Waals surface area contributed by atoms with Crippen molar-refractivity contribution in [2.45, 2.75) is 5.92 Å². The van der Waals surface area contributed by atoms with Crippen molar-refractivity contribution in [3.63, 3.8) is 0 Å². The van der Waals surface area contributed by atoms with Crippen molar-refractivity contribution >= 4 is 29.1 Å². The highest BCUT2D eigenvalue weighted by molar-refractivity contribution is 5.95. The highest BCUT2D eigenvalue weighted by Gasteiger charge is 2.26. The van der Waals surface area contributed by atoms with E-state index in [1.807, 2.05) is 60.7 Å². The summed E-state index contributed by atoms with van der Waals surface area (Å²) in [5.41, 5.74) is 11.0. The second-order valence-corrected chi connectivity index (χ2v) is 7.36. The fourth-order valence-electron chi connectivity index (χ4n) is 3.41. The standard InChI is InChI=1S/C24H20N8O4/c33-23(18-11-13-25-14-12-18)30-28-21-20(32(35)36)22(27-15-26-21)29-31-24(34)19(16-7-3-1-4-8-16)17-9-5-2-6-10-17/h1-15,19H,(H,30,33)(H,31,34)(H2,26,27,28,29). The third kappa shape index (κ3) is 5.56. The maximum absolute atomic E-state index is 13.2. The van der Waals surface area contributed by atoms with E-state index < -0.39 is 28.3 Å². The van der Waals surface area contributed by atoms with Crippen molar-refractivity contribution in [1.29, 1.82) is 0 Å². The number of carbonyl (C=O) groups is 2. The van der Waals surface area contributed by atoms with Crippen LogP contribution in [0.5, 0.6) is 0 Å². The smallest absolute Gasteiger partial charge is 0.276 e. The molecule has 0 fully saturated rings. The quantitative estimate of drug-likeness (QED) is 0.206. The first-order valence-electron chi connectivity index (χ1n) is 10.7. The Bertz CT molecular complexity index is 1320. The van der Waals surface area contributed by atoms with Crippen LogP contribution in [0, 0.1) is 10.1 Å². The highest BCUT2D eigenvalue weighted by atomic mass is 16.6. The molecule has 12 heteroatoms. The molecular weight excluding hydrogens is 464 g/mol. The average molecular weight is 484 g/mol. The van der Waals surface area contributed by atoms with Gasteiger partial charge in [0.05, 0.1) is 10.8 Å². The average Bonchev–Trinajstić information content (AvgIpc) is 2.92. The summed E-state index contributed by atoms with van der Waals surface area (Å²) in [6.07, 6.45) is 3.92. The van der Waals surface area contributed by atoms with Gasteiger partial charge >= 0.3 is 5.69 Å². The van der Waals surface area contributed by atoms with Gasteiger partial charge in [-0.2, -0.15) is 0 Å². The van der Waals surface area contributed by atoms with E-state index in [0.717, 1.165) is 17.5 Å². The van der Waals surface area contributed by atoms with Crippen molar-refractivity contribution in [3.05, 3.63) is 118 Å². The number of pyridine rings is 1. The van der Waals surface area contributed by atoms with Gasteiger partial charge in [-0.05, 0) is 23.3 Å². The second kappa shape index (κ2) is 11.2. The first-order valence-corrected chi connectivity index (χ1v) is 10.7. The molecule has 0 aliphatic rings. The summed E-state index contributed by atoms with van der Waals surface area (Å²) in [4.78, 5) is 48.1. The number of hydrazine groups is 2. The lowest BCUT2D eigenvalue weighted by Gasteiger charge is -2.18. The predicted molar refractivity (Wildman–Crippen MR) is 131 cm³/mol. The maximum Gasteiger partial charge on any atom is 0.356 e. The largest absolute Gasteiger partial charge is 0.356 e. The van der Waals surface area contributed by atoms with E-state index in [-0.39, 0.29) is 17.2 Å². The van der Waals surface area contributed by atoms with E-state index in [2.05, 4.69) is 36.7 Å². The Morgan fingerprint density at radius 3 is 1.83 bits per heavy atom. The topological polar surface area (TPSA) is 164 Å². The summed E-state index contributed by atoms with van der Waals surface area (Å²) in [5, 5.41) is 11.8. The Balaban J connectivity index is 1.52. The van der Waals surface area contributed by atoms with Crippen LogP contribution in [0.25, 0.3) is 0 Å². The summed E-state index contributed by atoms with van der Waals surface area (Å²) in [7, 11) is 0. The van der Waals surface area contributed by atoms with Gasteiger partial charge in [-0.3, -0.25) is 46.4 Å². The first kappa shape index (κ1) is 23.8. The van der Waals surface area contributed by atoms with Crippen LogP contribution in [-0.4, -0.2) is 31.7 Å². The van der Waals surface area contributed by atoms with Crippen LogP contribution in [0.2, 0.25) is 0 Å². The second-order valence-electron chi connectivity index (χ2n) is 7.36. The zero-order valence-corrected chi connectivity index (χ0v) is 18.7. The molecule has 0 spiro atoms. The molecule has 0 bridgehead atoms. The van der Waals surface area contributed by atoms with Crippen LogP contribution in [0.15, 0.2) is 91.5 Å². The number of rotatable bonds is 9. The van der Waals surface area contributed by atoms with Gasteiger partial charge in [-0.25, -0.2) is 9.97 Å². The third-order valence-corrected chi connectivity index (χ3v) is 5.07. The number of aromatic nitrogens is 3. The molecular formula is C24H20N8O4. The van der Waals surface area contributed by atoms with Crippen LogP contribution in [0.4, 0.5) is 17.3 Å². The van der Waals surface area contributed by atoms with E-state index in [1.54, 1.807) is 0 Å². The number of amides is 2. The number of nitrogens with one attached hydrogen (secondary N) is 4. The van der Waals surface area contributed by atoms with Gasteiger partial charge in [0.25, 0.3) is 5.91 Å². The van der Waals surface area contributed by atoms with Crippen molar-refractivity contribution in [2.24, 2.45) is 0 Å². The number of anilines is 2. The van der Waals surface area contributed by atoms with Gasteiger partial charge < -0.3 is 0 Å². The van der Waals surface area contributed by atoms with Crippen LogP contribution in [0.3, 0.4) is 0 Å². The highest BCUT2D eigenvalue weighted by Crippen LogP contribution is 2.29. The van der Waals surface area contributed by atoms with Crippen LogP contribution in [-0.2, 0) is 4.79 Å². The molecule has 0 saturated carbocycles. The van der Waals surface area contributed by atoms with Crippen molar-refractivity contribution in [2.75, 3.05) is 10.9 Å². The van der Waals surface area contributed by atoms with Crippen LogP contribution in [0.1, 0.15) is 27.4 Å². The number of carbonyl (C=O) groups excluding carboxylic acids is 2. The van der Waals surface area contributed by atoms with Crippen molar-refractivity contribution in [3.8, 4) is 0 Å². The Morgan fingerprint density at radius 2 is 1.31 bits per heavy atom. The molecule has 4 aromatic rings. The summed E-state index contributed by atoms with van der Waals surface area (Å²) >= 11 is 0. The summed E-state index contributed by atoms with van der Waals surface area (Å²) < 4.78 is 0. The fraction of sp³-hybridized carbons (Fsp3) is 0.0417. The summed E-state index contributed by atoms with van der Waals surface area (Å²) in [6, 6.07) is 21.2. The van der Waals surface area contributed by atoms with Gasteiger partial charge in [0.1, 0.15) is 6.33 Å². The summed E-state index contributed by atoms with van der Waals surface area (Å²) in [5.74, 6) is -2.25. The Kier molecular flexibility index (Phi) is 7.36. The molecule has 0 aliphatic carbocycles. The molecule has 4 rings (SSSR count). The molecule has 0 atom stereocenters. The molecule has 4 N–H and O–H groups in total. The molecule has 0 saturated heterocycles. The normalized spacial score (nSPS) is 10.4. The molecule has 2 aromatic carbocycles. The molecule has 0 aliphatic heterocycles. The Morgan fingerprint density at radius 1 is 0.778 bits per heavy atom. The first-order chi connectivity index (χ1) is 17.5. The van der Waals surface area contributed by atoms with Crippen LogP contribution < -0.4 is 21.7 Å². The Labute approximate surface area is 204 Å². The van der Waals surface area contributed by atoms with Gasteiger partial charge in [-0.1, -0.05) is 60.7 Å². The number of hydrogen-bond acceptors (Lipinski definition) is 9. The van der Waals surface area contributed by atoms with Gasteiger partial charge in [0.2, 0.25) is 17.5 Å². The third-order valence-electron chi connectivity index (χ3n) is 5.07. The van der Waals surface area contributed by atoms with Crippen LogP contribution >= 0.6 is 0 Å². The summed E-state index contributed by atoms with van der Waals surface area (Å²) in [6.45, 7) is 0. The minimum Gasteiger partial charge on any atom is -0.276 e. The molecule has 2 heterocycles. The molecule has 180 valence electrons. The van der Waals surface area contributed by atoms with E-state index in [1.165, 1.54) is 24.5 Å². The van der Waals surface area contributed by atoms with Gasteiger partial charge in [0.15, 0.2) is 0 Å². The van der Waals surface area contributed by atoms with E-state index >= 15 is 0 Å². The van der Waals surface area contributed by atoms with Crippen molar-refractivity contribution in [1.82, 2.24) is 25.8 Å². The molecule has 0 unspecified atom stereocenters. The zero-order valence-electron chi connectivity index (χ0n) is 18.7. The molecule has 36 heavy (non-hydrogen) atoms. The lowest BCUT2D eigenvalue weighted by atomic mass is 9.91. The van der Waals surface area contributed by atoms with Crippen molar-refractivity contribution < 1.29 is 14.5 Å². The lowest BCUT2D eigenvalue weighted by molar-refractivity contribution is -0.383. The minimum atomic E-state index is -0.735. The number of hydrogen-bond donors (Lipinski definition) is 4. The number of benzene rings is 2. The monoisotopic (exact) mass is 484 g/mol. The zero-order chi connectivity index (χ0) is 25.3. The van der Waals surface area contributed by atoms with Gasteiger partial charge in [0, 0.05) is 18.0 Å². The predicted octanol–water partition coefficient (Wildman–Crippen LogP) is 2.81. The Hall–Kier alpha value is -5.39. The SMILES string of the molecule is O=C(NNc1ncnc(NNC(=O)C(c2ccccc2)c2ccccc2)c1[N+](=O)[O-])c1ccncc1. The molecule has 0 radical (unpaired) electrons. The van der Waals surface area contributed by atoms with E-state index in [9.17, 15) is 19.7 Å². The molecule has 12 nitrogen and oxygen atoms in total. The number of nitro groups is 1. The molecule has 2 aromatic heterocycles. The lowest BCUT2D eigenvalue weighted by Crippen LogP contribution is -2.35. The van der Waals surface area contributed by atoms with Gasteiger partial charge in [-0.15, -0.1) is 0 Å². The molecule has 2 amide bonds. The minimum absolute atomic E-state index is 0.274.